The van der Waals surface area contributed by atoms with Crippen molar-refractivity contribution in [3.63, 3.8) is 0 Å². The van der Waals surface area contributed by atoms with Crippen LogP contribution >= 0.6 is 0 Å². The van der Waals surface area contributed by atoms with E-state index in [1.165, 1.54) is 0 Å². The van der Waals surface area contributed by atoms with Gasteiger partial charge in [0.25, 0.3) is 0 Å². The maximum atomic E-state index is 5.73. The minimum absolute atomic E-state index is 0.562. The fraction of sp³-hybridized carbons (Fsp3) is 0.400. The Morgan fingerprint density at radius 3 is 3.00 bits per heavy atom. The Bertz CT molecular complexity index is 469. The first-order valence-corrected chi connectivity index (χ1v) is 5.15. The van der Waals surface area contributed by atoms with Crippen molar-refractivity contribution in [1.82, 2.24) is 10.3 Å². The molecule has 0 amide bonds. The van der Waals surface area contributed by atoms with E-state index in [4.69, 9.17) is 10.5 Å². The highest BCUT2D eigenvalue weighted by molar-refractivity contribution is 5.94. The van der Waals surface area contributed by atoms with Gasteiger partial charge in [0.05, 0.1) is 18.0 Å². The van der Waals surface area contributed by atoms with Crippen LogP contribution in [0.1, 0.15) is 6.92 Å². The number of ether oxygens (including phenoxy) is 1. The van der Waals surface area contributed by atoms with Gasteiger partial charge in [0, 0.05) is 13.2 Å². The number of anilines is 2. The second kappa shape index (κ2) is 4.80. The smallest absolute Gasteiger partial charge is 0.160 e. The van der Waals surface area contributed by atoms with Crippen LogP contribution in [0.3, 0.4) is 0 Å². The number of nitrogens with two attached hydrogens (primary N) is 1. The van der Waals surface area contributed by atoms with Gasteiger partial charge in [-0.2, -0.15) is 0 Å². The van der Waals surface area contributed by atoms with E-state index in [9.17, 15) is 0 Å². The van der Waals surface area contributed by atoms with Crippen molar-refractivity contribution in [2.75, 3.05) is 30.8 Å². The molecule has 0 fully saturated rings. The molecule has 6 nitrogen and oxygen atoms in total. The molecule has 1 aromatic heterocycles. The zero-order valence-electron chi connectivity index (χ0n) is 9.06. The van der Waals surface area contributed by atoms with Crippen molar-refractivity contribution in [3.05, 3.63) is 12.1 Å². The molecule has 0 aliphatic rings. The molecular formula is C10H14N4O2. The van der Waals surface area contributed by atoms with Crippen LogP contribution in [0.5, 0.6) is 0 Å². The summed E-state index contributed by atoms with van der Waals surface area (Å²) in [5.41, 5.74) is 8.38. The predicted octanol–water partition coefficient (Wildman–Crippen LogP) is 1.25. The summed E-state index contributed by atoms with van der Waals surface area (Å²) in [4.78, 5) is 0. The molecule has 0 bridgehead atoms. The molecular weight excluding hydrogens is 208 g/mol. The zero-order chi connectivity index (χ0) is 11.4. The number of nitrogen functional groups attached to an aromatic ring is 1. The number of aromatic nitrogens is 2. The van der Waals surface area contributed by atoms with Gasteiger partial charge < -0.3 is 15.8 Å². The Kier molecular flexibility index (Phi) is 3.21. The number of nitrogens with zero attached hydrogens (tertiary/aromatic N) is 2. The summed E-state index contributed by atoms with van der Waals surface area (Å²) >= 11 is 0. The van der Waals surface area contributed by atoms with Crippen LogP contribution in [0, 0.1) is 0 Å². The Hall–Kier alpha value is -1.82. The molecule has 0 aliphatic carbocycles. The lowest BCUT2D eigenvalue weighted by Gasteiger charge is -2.06. The molecule has 0 radical (unpaired) electrons. The molecule has 2 aromatic rings. The number of nitrogens with one attached hydrogen (secondary N) is 1. The van der Waals surface area contributed by atoms with Crippen LogP contribution in [0.4, 0.5) is 11.4 Å². The molecule has 0 saturated heterocycles. The largest absolute Gasteiger partial charge is 0.397 e. The number of fused-ring (bicyclic) bond motifs is 1. The normalized spacial score (nSPS) is 10.8. The number of benzene rings is 1. The van der Waals surface area contributed by atoms with Gasteiger partial charge in [-0.3, -0.25) is 0 Å². The van der Waals surface area contributed by atoms with Crippen molar-refractivity contribution in [2.24, 2.45) is 0 Å². The van der Waals surface area contributed by atoms with Gasteiger partial charge in [-0.15, -0.1) is 0 Å². The summed E-state index contributed by atoms with van der Waals surface area (Å²) < 4.78 is 9.89. The molecule has 0 aliphatic heterocycles. The second-order valence-electron chi connectivity index (χ2n) is 3.29. The second-order valence-corrected chi connectivity index (χ2v) is 3.29. The third-order valence-corrected chi connectivity index (χ3v) is 2.21. The zero-order valence-corrected chi connectivity index (χ0v) is 9.06. The first-order valence-electron chi connectivity index (χ1n) is 5.15. The summed E-state index contributed by atoms with van der Waals surface area (Å²) in [6.45, 7) is 4.03. The molecule has 0 spiro atoms. The lowest BCUT2D eigenvalue weighted by atomic mass is 10.2. The summed E-state index contributed by atoms with van der Waals surface area (Å²) in [5, 5.41) is 10.7. The van der Waals surface area contributed by atoms with Crippen molar-refractivity contribution in [1.29, 1.82) is 0 Å². The highest BCUT2D eigenvalue weighted by atomic mass is 16.6. The first-order chi connectivity index (χ1) is 7.83. The van der Waals surface area contributed by atoms with Crippen LogP contribution < -0.4 is 11.1 Å². The van der Waals surface area contributed by atoms with E-state index in [2.05, 4.69) is 20.3 Å². The van der Waals surface area contributed by atoms with E-state index >= 15 is 0 Å². The van der Waals surface area contributed by atoms with Gasteiger partial charge >= 0.3 is 0 Å². The molecule has 3 N–H and O–H groups in total. The minimum Gasteiger partial charge on any atom is -0.397 e. The van der Waals surface area contributed by atoms with Crippen LogP contribution in [0.2, 0.25) is 0 Å². The number of hydrogen-bond donors (Lipinski definition) is 2. The van der Waals surface area contributed by atoms with E-state index in [0.717, 1.165) is 5.69 Å². The van der Waals surface area contributed by atoms with E-state index in [1.54, 1.807) is 6.07 Å². The summed E-state index contributed by atoms with van der Waals surface area (Å²) in [7, 11) is 0. The summed E-state index contributed by atoms with van der Waals surface area (Å²) in [6.07, 6.45) is 0. The van der Waals surface area contributed by atoms with Crippen LogP contribution in [-0.2, 0) is 4.74 Å². The molecule has 16 heavy (non-hydrogen) atoms. The van der Waals surface area contributed by atoms with Gasteiger partial charge in [-0.25, -0.2) is 4.63 Å². The van der Waals surface area contributed by atoms with Gasteiger partial charge in [0.15, 0.2) is 11.0 Å². The first kappa shape index (κ1) is 10.7. The lowest BCUT2D eigenvalue weighted by Crippen LogP contribution is -2.09. The van der Waals surface area contributed by atoms with E-state index in [1.807, 2.05) is 13.0 Å². The highest BCUT2D eigenvalue weighted by Crippen LogP contribution is 2.24. The maximum Gasteiger partial charge on any atom is 0.160 e. The Morgan fingerprint density at radius 1 is 1.38 bits per heavy atom. The maximum absolute atomic E-state index is 5.73. The Balaban J connectivity index is 2.12. The molecule has 0 unspecified atom stereocenters. The monoisotopic (exact) mass is 222 g/mol. The molecule has 6 heteroatoms. The van der Waals surface area contributed by atoms with Crippen LogP contribution in [0.15, 0.2) is 16.8 Å². The van der Waals surface area contributed by atoms with E-state index in [0.29, 0.717) is 36.5 Å². The number of rotatable bonds is 5. The fourth-order valence-electron chi connectivity index (χ4n) is 1.43. The molecule has 1 heterocycles. The van der Waals surface area contributed by atoms with Gasteiger partial charge in [0.1, 0.15) is 0 Å². The minimum atomic E-state index is 0.562. The van der Waals surface area contributed by atoms with Crippen molar-refractivity contribution < 1.29 is 9.37 Å². The molecule has 0 saturated carbocycles. The summed E-state index contributed by atoms with van der Waals surface area (Å²) in [5.74, 6) is 0. The lowest BCUT2D eigenvalue weighted by molar-refractivity contribution is 0.158. The molecule has 2 rings (SSSR count). The van der Waals surface area contributed by atoms with Crippen molar-refractivity contribution in [2.45, 2.75) is 6.92 Å². The third-order valence-electron chi connectivity index (χ3n) is 2.21. The quantitative estimate of drug-likeness (QED) is 0.585. The average molecular weight is 222 g/mol. The summed E-state index contributed by atoms with van der Waals surface area (Å²) in [6, 6.07) is 3.63. The van der Waals surface area contributed by atoms with Gasteiger partial charge in [-0.05, 0) is 29.4 Å². The SMILES string of the molecule is CCOCCNc1ccc(N)c2nonc12. The van der Waals surface area contributed by atoms with Gasteiger partial charge in [0.2, 0.25) is 0 Å². The Labute approximate surface area is 92.7 Å². The standard InChI is InChI=1S/C10H14N4O2/c1-2-15-6-5-12-8-4-3-7(11)9-10(8)14-16-13-9/h3-4,12H,2,5-6,11H2,1H3. The highest BCUT2D eigenvalue weighted by Gasteiger charge is 2.08. The molecule has 0 atom stereocenters. The van der Waals surface area contributed by atoms with Crippen LogP contribution in [-0.4, -0.2) is 30.1 Å². The van der Waals surface area contributed by atoms with Crippen molar-refractivity contribution >= 4 is 22.4 Å². The Morgan fingerprint density at radius 2 is 2.19 bits per heavy atom. The van der Waals surface area contributed by atoms with Crippen LogP contribution in [0.25, 0.3) is 11.0 Å². The average Bonchev–Trinajstić information content (AvgIpc) is 2.77. The van der Waals surface area contributed by atoms with Gasteiger partial charge in [-0.1, -0.05) is 0 Å². The third kappa shape index (κ3) is 2.06. The molecule has 1 aromatic carbocycles. The van der Waals surface area contributed by atoms with E-state index in [-0.39, 0.29) is 0 Å². The van der Waals surface area contributed by atoms with E-state index < -0.39 is 0 Å². The predicted molar refractivity (Wildman–Crippen MR) is 61.2 cm³/mol. The topological polar surface area (TPSA) is 86.2 Å². The molecule has 86 valence electrons. The van der Waals surface area contributed by atoms with Crippen molar-refractivity contribution in [3.8, 4) is 0 Å². The fourth-order valence-corrected chi connectivity index (χ4v) is 1.43. The number of hydrogen-bond acceptors (Lipinski definition) is 6.